The Labute approximate surface area is 141 Å². The van der Waals surface area contributed by atoms with Crippen LogP contribution in [0.25, 0.3) is 0 Å². The first-order chi connectivity index (χ1) is 9.13. The van der Waals surface area contributed by atoms with Crippen LogP contribution in [0.3, 0.4) is 0 Å². The predicted molar refractivity (Wildman–Crippen MR) is 96.1 cm³/mol. The number of benzene rings is 1. The van der Waals surface area contributed by atoms with Crippen molar-refractivity contribution in [2.75, 3.05) is 46.3 Å². The molecule has 2 rings (SSSR count). The van der Waals surface area contributed by atoms with Gasteiger partial charge in [-0.1, -0.05) is 29.3 Å². The minimum absolute atomic E-state index is 0. The van der Waals surface area contributed by atoms with E-state index in [9.17, 15) is 0 Å². The fourth-order valence-electron chi connectivity index (χ4n) is 2.80. The second-order valence-electron chi connectivity index (χ2n) is 5.83. The third-order valence-corrected chi connectivity index (χ3v) is 3.74. The summed E-state index contributed by atoms with van der Waals surface area (Å²) in [5, 5.41) is 3.40. The van der Waals surface area contributed by atoms with Crippen LogP contribution in [-0.4, -0.2) is 56.1 Å². The van der Waals surface area contributed by atoms with Crippen molar-refractivity contribution in [1.29, 1.82) is 0 Å². The molecule has 1 saturated heterocycles. The van der Waals surface area contributed by atoms with Crippen LogP contribution in [0.5, 0.6) is 0 Å². The maximum atomic E-state index is 3.40. The molecule has 1 heterocycles. The molecule has 0 amide bonds. The Bertz CT molecular complexity index is 386. The summed E-state index contributed by atoms with van der Waals surface area (Å²) in [5.41, 5.74) is 4.16. The molecule has 1 aliphatic heterocycles. The Morgan fingerprint density at radius 3 is 2.19 bits per heavy atom. The van der Waals surface area contributed by atoms with E-state index in [2.05, 4.69) is 54.2 Å². The molecular weight excluding hydrogens is 305 g/mol. The summed E-state index contributed by atoms with van der Waals surface area (Å²) in [4.78, 5) is 4.98. The van der Waals surface area contributed by atoms with Gasteiger partial charge in [0.25, 0.3) is 0 Å². The topological polar surface area (TPSA) is 18.5 Å². The highest BCUT2D eigenvalue weighted by atomic mass is 35.5. The fraction of sp³-hybridized carbons (Fsp3) is 0.625. The number of likely N-dealkylation sites (N-methyl/N-ethyl adjacent to an activating group) is 1. The van der Waals surface area contributed by atoms with Gasteiger partial charge in [-0.3, -0.25) is 4.90 Å². The maximum Gasteiger partial charge on any atom is 0.0231 e. The molecule has 1 aromatic carbocycles. The number of nitrogens with one attached hydrogen (secondary N) is 1. The van der Waals surface area contributed by atoms with Crippen LogP contribution in [-0.2, 0) is 6.54 Å². The van der Waals surface area contributed by atoms with E-state index in [4.69, 9.17) is 0 Å². The van der Waals surface area contributed by atoms with Gasteiger partial charge in [0.05, 0.1) is 0 Å². The third-order valence-electron chi connectivity index (χ3n) is 3.74. The van der Waals surface area contributed by atoms with Gasteiger partial charge in [0.1, 0.15) is 0 Å². The van der Waals surface area contributed by atoms with Crippen molar-refractivity contribution in [1.82, 2.24) is 15.1 Å². The second-order valence-corrected chi connectivity index (χ2v) is 5.83. The number of halogens is 2. The summed E-state index contributed by atoms with van der Waals surface area (Å²) in [6, 6.07) is 6.84. The second kappa shape index (κ2) is 10.4. The monoisotopic (exact) mass is 333 g/mol. The Hall–Kier alpha value is -0.320. The molecule has 21 heavy (non-hydrogen) atoms. The average molecular weight is 334 g/mol. The minimum Gasteiger partial charge on any atom is -0.314 e. The van der Waals surface area contributed by atoms with Gasteiger partial charge in [0.15, 0.2) is 0 Å². The lowest BCUT2D eigenvalue weighted by Crippen LogP contribution is -2.45. The van der Waals surface area contributed by atoms with E-state index in [0.717, 1.165) is 26.2 Å². The number of rotatable bonds is 5. The molecule has 0 aromatic heterocycles. The first kappa shape index (κ1) is 20.7. The van der Waals surface area contributed by atoms with Gasteiger partial charge in [-0.05, 0) is 26.5 Å². The van der Waals surface area contributed by atoms with E-state index in [1.54, 1.807) is 0 Å². The van der Waals surface area contributed by atoms with E-state index in [1.165, 1.54) is 36.3 Å². The van der Waals surface area contributed by atoms with Crippen LogP contribution in [0.4, 0.5) is 0 Å². The maximum absolute atomic E-state index is 3.40. The number of piperazine rings is 1. The molecule has 1 aliphatic rings. The summed E-state index contributed by atoms with van der Waals surface area (Å²) in [5.74, 6) is 0. The van der Waals surface area contributed by atoms with Crippen molar-refractivity contribution in [3.63, 3.8) is 0 Å². The quantitative estimate of drug-likeness (QED) is 0.893. The van der Waals surface area contributed by atoms with Gasteiger partial charge in [-0.15, -0.1) is 24.8 Å². The summed E-state index contributed by atoms with van der Waals surface area (Å²) in [6.45, 7) is 12.4. The van der Waals surface area contributed by atoms with E-state index in [0.29, 0.717) is 0 Å². The Morgan fingerprint density at radius 2 is 1.62 bits per heavy atom. The molecule has 0 atom stereocenters. The molecule has 0 bridgehead atoms. The zero-order chi connectivity index (χ0) is 13.7. The standard InChI is InChI=1S/C16H27N3.2ClH/c1-14-10-15(2)12-16(11-14)13-18(3)8-9-19-6-4-17-5-7-19;;/h10-12,17H,4-9,13H2,1-3H3;2*1H. The van der Waals surface area contributed by atoms with E-state index < -0.39 is 0 Å². The Balaban J connectivity index is 0.00000200. The molecule has 0 spiro atoms. The molecule has 1 fully saturated rings. The first-order valence-corrected chi connectivity index (χ1v) is 7.32. The smallest absolute Gasteiger partial charge is 0.0231 e. The molecule has 0 saturated carbocycles. The van der Waals surface area contributed by atoms with E-state index in [-0.39, 0.29) is 24.8 Å². The van der Waals surface area contributed by atoms with Crippen LogP contribution in [0.2, 0.25) is 0 Å². The highest BCUT2D eigenvalue weighted by molar-refractivity contribution is 5.85. The van der Waals surface area contributed by atoms with Gasteiger partial charge in [0, 0.05) is 45.8 Å². The molecule has 5 heteroatoms. The predicted octanol–water partition coefficient (Wildman–Crippen LogP) is 2.48. The third kappa shape index (κ3) is 7.48. The van der Waals surface area contributed by atoms with Crippen LogP contribution < -0.4 is 5.32 Å². The average Bonchev–Trinajstić information content (AvgIpc) is 2.36. The van der Waals surface area contributed by atoms with Crippen molar-refractivity contribution < 1.29 is 0 Å². The van der Waals surface area contributed by atoms with Crippen molar-refractivity contribution in [3.05, 3.63) is 34.9 Å². The Kier molecular flexibility index (Phi) is 10.3. The molecule has 0 radical (unpaired) electrons. The SMILES string of the molecule is Cc1cc(C)cc(CN(C)CCN2CCNCC2)c1.Cl.Cl. The summed E-state index contributed by atoms with van der Waals surface area (Å²) < 4.78 is 0. The molecule has 122 valence electrons. The zero-order valence-corrected chi connectivity index (χ0v) is 15.0. The molecule has 3 nitrogen and oxygen atoms in total. The van der Waals surface area contributed by atoms with Crippen LogP contribution in [0.1, 0.15) is 16.7 Å². The molecule has 1 N–H and O–H groups in total. The van der Waals surface area contributed by atoms with E-state index in [1.807, 2.05) is 0 Å². The molecular formula is C16H29Cl2N3. The molecule has 0 aliphatic carbocycles. The van der Waals surface area contributed by atoms with Crippen molar-refractivity contribution >= 4 is 24.8 Å². The summed E-state index contributed by atoms with van der Waals surface area (Å²) in [7, 11) is 2.22. The highest BCUT2D eigenvalue weighted by Crippen LogP contribution is 2.10. The first-order valence-electron chi connectivity index (χ1n) is 7.32. The Morgan fingerprint density at radius 1 is 1.05 bits per heavy atom. The lowest BCUT2D eigenvalue weighted by Gasteiger charge is -2.29. The zero-order valence-electron chi connectivity index (χ0n) is 13.4. The minimum atomic E-state index is 0. The molecule has 0 unspecified atom stereocenters. The summed E-state index contributed by atoms with van der Waals surface area (Å²) >= 11 is 0. The van der Waals surface area contributed by atoms with Crippen molar-refractivity contribution in [2.24, 2.45) is 0 Å². The van der Waals surface area contributed by atoms with Gasteiger partial charge in [0.2, 0.25) is 0 Å². The summed E-state index contributed by atoms with van der Waals surface area (Å²) in [6.07, 6.45) is 0. The van der Waals surface area contributed by atoms with Gasteiger partial charge in [-0.25, -0.2) is 0 Å². The number of hydrogen-bond acceptors (Lipinski definition) is 3. The van der Waals surface area contributed by atoms with E-state index >= 15 is 0 Å². The van der Waals surface area contributed by atoms with Gasteiger partial charge < -0.3 is 10.2 Å². The van der Waals surface area contributed by atoms with Crippen LogP contribution >= 0.6 is 24.8 Å². The normalized spacial score (nSPS) is 15.4. The lowest BCUT2D eigenvalue weighted by atomic mass is 10.1. The van der Waals surface area contributed by atoms with Gasteiger partial charge in [-0.2, -0.15) is 0 Å². The lowest BCUT2D eigenvalue weighted by molar-refractivity contribution is 0.202. The van der Waals surface area contributed by atoms with Crippen molar-refractivity contribution in [2.45, 2.75) is 20.4 Å². The van der Waals surface area contributed by atoms with Crippen LogP contribution in [0.15, 0.2) is 18.2 Å². The fourth-order valence-corrected chi connectivity index (χ4v) is 2.80. The largest absolute Gasteiger partial charge is 0.314 e. The number of nitrogens with zero attached hydrogens (tertiary/aromatic N) is 2. The van der Waals surface area contributed by atoms with Gasteiger partial charge >= 0.3 is 0 Å². The van der Waals surface area contributed by atoms with Crippen molar-refractivity contribution in [3.8, 4) is 0 Å². The van der Waals surface area contributed by atoms with Crippen LogP contribution in [0, 0.1) is 13.8 Å². The number of hydrogen-bond donors (Lipinski definition) is 1. The highest BCUT2D eigenvalue weighted by Gasteiger charge is 2.10. The molecule has 1 aromatic rings. The number of aryl methyl sites for hydroxylation is 2.